The van der Waals surface area contributed by atoms with Crippen LogP contribution in [0.4, 0.5) is 0 Å². The van der Waals surface area contributed by atoms with Gasteiger partial charge in [-0.25, -0.2) is 0 Å². The number of benzene rings is 1. The van der Waals surface area contributed by atoms with Crippen LogP contribution in [0.5, 0.6) is 11.7 Å². The molecule has 0 spiro atoms. The summed E-state index contributed by atoms with van der Waals surface area (Å²) in [6, 6.07) is 10.4. The van der Waals surface area contributed by atoms with E-state index in [0.29, 0.717) is 10.8 Å². The summed E-state index contributed by atoms with van der Waals surface area (Å²) in [6.45, 7) is 8.59. The molecule has 2 N–H and O–H groups in total. The van der Waals surface area contributed by atoms with Crippen molar-refractivity contribution >= 4 is 17.5 Å². The van der Waals surface area contributed by atoms with E-state index in [1.165, 1.54) is 0 Å². The van der Waals surface area contributed by atoms with Crippen LogP contribution >= 0.6 is 11.6 Å². The highest BCUT2D eigenvalue weighted by Crippen LogP contribution is 2.31. The highest BCUT2D eigenvalue weighted by Gasteiger charge is 2.38. The van der Waals surface area contributed by atoms with Crippen LogP contribution in [0.3, 0.4) is 0 Å². The third-order valence-corrected chi connectivity index (χ3v) is 4.69. The first-order valence-corrected chi connectivity index (χ1v) is 9.14. The number of amides is 1. The fraction of sp³-hybridized carbons (Fsp3) is 0.450. The number of carbonyl (C=O) groups is 1. The Labute approximate surface area is 159 Å². The molecule has 0 saturated carbocycles. The molecule has 2 aromatic rings. The van der Waals surface area contributed by atoms with Gasteiger partial charge in [-0.3, -0.25) is 4.79 Å². The lowest BCUT2D eigenvalue weighted by Crippen LogP contribution is -2.62. The number of nitrogens with one attached hydrogen (secondary N) is 2. The molecule has 1 aromatic heterocycles. The van der Waals surface area contributed by atoms with E-state index < -0.39 is 0 Å². The standard InChI is InChI=1S/C20H25ClN2O3/c1-19(2)11-13(12-20(3,4)23-19)22-18(24)16-9-10-17(26-16)25-15-8-6-5-7-14(15)21/h5-10,13,23H,11-12H2,1-4H3,(H,22,24). The summed E-state index contributed by atoms with van der Waals surface area (Å²) in [5.41, 5.74) is -0.0810. The van der Waals surface area contributed by atoms with Crippen molar-refractivity contribution in [3.63, 3.8) is 0 Å². The Morgan fingerprint density at radius 2 is 1.81 bits per heavy atom. The number of hydrogen-bond donors (Lipinski definition) is 2. The number of hydrogen-bond acceptors (Lipinski definition) is 4. The lowest BCUT2D eigenvalue weighted by molar-refractivity contribution is 0.0841. The second kappa shape index (κ2) is 6.97. The fourth-order valence-corrected chi connectivity index (χ4v) is 3.99. The fourth-order valence-electron chi connectivity index (χ4n) is 3.81. The van der Waals surface area contributed by atoms with Gasteiger partial charge in [0.05, 0.1) is 5.02 Å². The van der Waals surface area contributed by atoms with Gasteiger partial charge in [-0.15, -0.1) is 0 Å². The average Bonchev–Trinajstić information content (AvgIpc) is 2.95. The molecule has 6 heteroatoms. The molecule has 5 nitrogen and oxygen atoms in total. The molecule has 1 aromatic carbocycles. The summed E-state index contributed by atoms with van der Waals surface area (Å²) in [6.07, 6.45) is 1.71. The van der Waals surface area contributed by atoms with E-state index in [2.05, 4.69) is 38.3 Å². The molecule has 0 aliphatic carbocycles. The van der Waals surface area contributed by atoms with Crippen molar-refractivity contribution in [2.24, 2.45) is 0 Å². The first kappa shape index (κ1) is 18.8. The Kier molecular flexibility index (Phi) is 5.04. The van der Waals surface area contributed by atoms with E-state index in [4.69, 9.17) is 20.8 Å². The third kappa shape index (κ3) is 4.59. The van der Waals surface area contributed by atoms with E-state index in [1.54, 1.807) is 24.3 Å². The Hall–Kier alpha value is -1.98. The maximum atomic E-state index is 12.6. The number of furan rings is 1. The van der Waals surface area contributed by atoms with Crippen LogP contribution in [-0.4, -0.2) is 23.0 Å². The van der Waals surface area contributed by atoms with Gasteiger partial charge in [0.15, 0.2) is 5.76 Å². The molecule has 0 unspecified atom stereocenters. The molecule has 1 saturated heterocycles. The monoisotopic (exact) mass is 376 g/mol. The van der Waals surface area contributed by atoms with Crippen molar-refractivity contribution in [1.82, 2.24) is 10.6 Å². The van der Waals surface area contributed by atoms with Crippen LogP contribution in [0.25, 0.3) is 0 Å². The average molecular weight is 377 g/mol. The van der Waals surface area contributed by atoms with Gasteiger partial charge in [0.1, 0.15) is 5.75 Å². The summed E-state index contributed by atoms with van der Waals surface area (Å²) >= 11 is 6.07. The van der Waals surface area contributed by atoms with Gasteiger partial charge in [-0.2, -0.15) is 0 Å². The summed E-state index contributed by atoms with van der Waals surface area (Å²) < 4.78 is 11.1. The first-order chi connectivity index (χ1) is 12.1. The summed E-state index contributed by atoms with van der Waals surface area (Å²) in [5, 5.41) is 7.17. The minimum atomic E-state index is -0.238. The van der Waals surface area contributed by atoms with Gasteiger partial charge in [0, 0.05) is 23.2 Å². The summed E-state index contributed by atoms with van der Waals surface area (Å²) in [7, 11) is 0. The van der Waals surface area contributed by atoms with Crippen LogP contribution < -0.4 is 15.4 Å². The lowest BCUT2D eigenvalue weighted by Gasteiger charge is -2.46. The van der Waals surface area contributed by atoms with Gasteiger partial charge >= 0.3 is 0 Å². The van der Waals surface area contributed by atoms with Crippen LogP contribution in [0, 0.1) is 0 Å². The number of para-hydroxylation sites is 1. The Morgan fingerprint density at radius 1 is 1.15 bits per heavy atom. The van der Waals surface area contributed by atoms with Crippen LogP contribution in [-0.2, 0) is 0 Å². The van der Waals surface area contributed by atoms with Crippen molar-refractivity contribution in [3.05, 3.63) is 47.2 Å². The quantitative estimate of drug-likeness (QED) is 0.807. The minimum Gasteiger partial charge on any atom is -0.424 e. The molecule has 2 heterocycles. The number of halogens is 1. The molecule has 0 radical (unpaired) electrons. The second-order valence-electron chi connectivity index (χ2n) is 8.12. The Balaban J connectivity index is 1.66. The number of rotatable bonds is 4. The molecular weight excluding hydrogens is 352 g/mol. The number of carbonyl (C=O) groups excluding carboxylic acids is 1. The zero-order valence-corrected chi connectivity index (χ0v) is 16.3. The predicted octanol–water partition coefficient (Wildman–Crippen LogP) is 4.76. The molecule has 1 aliphatic rings. The maximum Gasteiger partial charge on any atom is 0.290 e. The largest absolute Gasteiger partial charge is 0.424 e. The normalized spacial score (nSPS) is 19.1. The molecule has 1 amide bonds. The number of ether oxygens (including phenoxy) is 1. The molecule has 0 atom stereocenters. The maximum absolute atomic E-state index is 12.6. The highest BCUT2D eigenvalue weighted by molar-refractivity contribution is 6.32. The minimum absolute atomic E-state index is 0.0405. The van der Waals surface area contributed by atoms with E-state index >= 15 is 0 Å². The van der Waals surface area contributed by atoms with Crippen LogP contribution in [0.1, 0.15) is 51.1 Å². The topological polar surface area (TPSA) is 63.5 Å². The van der Waals surface area contributed by atoms with Crippen LogP contribution in [0.15, 0.2) is 40.8 Å². The van der Waals surface area contributed by atoms with Gasteiger partial charge < -0.3 is 19.8 Å². The lowest BCUT2D eigenvalue weighted by atomic mass is 9.79. The van der Waals surface area contributed by atoms with Crippen LogP contribution in [0.2, 0.25) is 5.02 Å². The molecule has 3 rings (SSSR count). The van der Waals surface area contributed by atoms with Gasteiger partial charge in [0.25, 0.3) is 11.9 Å². The smallest absolute Gasteiger partial charge is 0.290 e. The van der Waals surface area contributed by atoms with Gasteiger partial charge in [-0.1, -0.05) is 23.7 Å². The zero-order chi connectivity index (χ0) is 18.9. The molecule has 1 fully saturated rings. The van der Waals surface area contributed by atoms with E-state index in [0.717, 1.165) is 12.8 Å². The molecule has 0 bridgehead atoms. The predicted molar refractivity (Wildman–Crippen MR) is 102 cm³/mol. The SMILES string of the molecule is CC1(C)CC(NC(=O)c2ccc(Oc3ccccc3Cl)o2)CC(C)(C)N1. The molecule has 26 heavy (non-hydrogen) atoms. The molecular formula is C20H25ClN2O3. The van der Waals surface area contributed by atoms with Gasteiger partial charge in [-0.05, 0) is 58.7 Å². The second-order valence-corrected chi connectivity index (χ2v) is 8.53. The van der Waals surface area contributed by atoms with E-state index in [9.17, 15) is 4.79 Å². The number of piperidine rings is 1. The van der Waals surface area contributed by atoms with Crippen molar-refractivity contribution < 1.29 is 13.9 Å². The van der Waals surface area contributed by atoms with E-state index in [-0.39, 0.29) is 34.7 Å². The molecule has 1 aliphatic heterocycles. The Morgan fingerprint density at radius 3 is 2.46 bits per heavy atom. The van der Waals surface area contributed by atoms with Crippen molar-refractivity contribution in [2.75, 3.05) is 0 Å². The summed E-state index contributed by atoms with van der Waals surface area (Å²) in [5.74, 6) is 0.699. The van der Waals surface area contributed by atoms with Gasteiger partial charge in [0.2, 0.25) is 0 Å². The molecule has 140 valence electrons. The van der Waals surface area contributed by atoms with Crippen molar-refractivity contribution in [2.45, 2.75) is 57.7 Å². The third-order valence-electron chi connectivity index (χ3n) is 4.38. The Bertz CT molecular complexity index is 782. The van der Waals surface area contributed by atoms with Crippen molar-refractivity contribution in [3.8, 4) is 11.7 Å². The highest BCUT2D eigenvalue weighted by atomic mass is 35.5. The van der Waals surface area contributed by atoms with Crippen molar-refractivity contribution in [1.29, 1.82) is 0 Å². The van der Waals surface area contributed by atoms with E-state index in [1.807, 2.05) is 12.1 Å². The zero-order valence-electron chi connectivity index (χ0n) is 15.6. The summed E-state index contributed by atoms with van der Waals surface area (Å²) in [4.78, 5) is 12.6. The first-order valence-electron chi connectivity index (χ1n) is 8.76.